The number of fused-ring (bicyclic) bond motifs is 3. The van der Waals surface area contributed by atoms with Gasteiger partial charge in [-0.05, 0) is 18.4 Å². The lowest BCUT2D eigenvalue weighted by atomic mass is 9.90. The molecule has 1 aliphatic rings. The Labute approximate surface area is 96.4 Å². The predicted octanol–water partition coefficient (Wildman–Crippen LogP) is 3.34. The molecular weight excluding hydrogens is 254 g/mol. The molecule has 3 heteroatoms. The highest BCUT2D eigenvalue weighted by molar-refractivity contribution is 9.08. The summed E-state index contributed by atoms with van der Waals surface area (Å²) in [7, 11) is 0. The Hall–Kier alpha value is -1.09. The molecule has 0 saturated carbocycles. The molecule has 0 N–H and O–H groups in total. The quantitative estimate of drug-likeness (QED) is 0.738. The summed E-state index contributed by atoms with van der Waals surface area (Å²) in [6.45, 7) is 0. The second-order valence-electron chi connectivity index (χ2n) is 3.73. The van der Waals surface area contributed by atoms with Crippen LogP contribution in [0, 0.1) is 0 Å². The summed E-state index contributed by atoms with van der Waals surface area (Å²) in [6.07, 6.45) is 2.13. The first-order valence-electron chi connectivity index (χ1n) is 5.02. The third-order valence-electron chi connectivity index (χ3n) is 2.90. The first-order chi connectivity index (χ1) is 7.40. The molecule has 2 nitrogen and oxygen atoms in total. The number of aryl methyl sites for hydroxylation is 1. The number of hydrogen-bond acceptors (Lipinski definition) is 2. The summed E-state index contributed by atoms with van der Waals surface area (Å²) in [5.41, 5.74) is 4.88. The number of nitrogens with zero attached hydrogens (tertiary/aromatic N) is 1. The first kappa shape index (κ1) is 9.16. The minimum absolute atomic E-state index is 0.772. The van der Waals surface area contributed by atoms with Gasteiger partial charge in [-0.2, -0.15) is 0 Å². The molecule has 1 aromatic heterocycles. The second kappa shape index (κ2) is 3.49. The molecule has 0 fully saturated rings. The lowest BCUT2D eigenvalue weighted by Crippen LogP contribution is -2.02. The summed E-state index contributed by atoms with van der Waals surface area (Å²) in [6, 6.07) is 8.39. The number of alkyl halides is 1. The third kappa shape index (κ3) is 1.34. The van der Waals surface area contributed by atoms with Gasteiger partial charge in [-0.25, -0.2) is 0 Å². The van der Waals surface area contributed by atoms with Crippen LogP contribution in [0.3, 0.4) is 0 Å². The minimum atomic E-state index is 0.772. The Morgan fingerprint density at radius 1 is 1.27 bits per heavy atom. The summed E-state index contributed by atoms with van der Waals surface area (Å²) in [4.78, 5) is 0. The Kier molecular flexibility index (Phi) is 2.13. The maximum absolute atomic E-state index is 5.42. The van der Waals surface area contributed by atoms with Crippen LogP contribution in [0.2, 0.25) is 0 Å². The number of aromatic nitrogens is 1. The van der Waals surface area contributed by atoms with Gasteiger partial charge in [0.05, 0.1) is 5.69 Å². The van der Waals surface area contributed by atoms with Crippen LogP contribution in [0.4, 0.5) is 0 Å². The lowest BCUT2D eigenvalue weighted by Gasteiger charge is -2.13. The largest absolute Gasteiger partial charge is 0.356 e. The minimum Gasteiger partial charge on any atom is -0.356 e. The Morgan fingerprint density at radius 3 is 3.00 bits per heavy atom. The van der Waals surface area contributed by atoms with Crippen molar-refractivity contribution in [2.24, 2.45) is 0 Å². The van der Waals surface area contributed by atoms with Gasteiger partial charge in [0.2, 0.25) is 0 Å². The van der Waals surface area contributed by atoms with Crippen LogP contribution in [0.25, 0.3) is 11.3 Å². The average Bonchev–Trinajstić information content (AvgIpc) is 2.72. The van der Waals surface area contributed by atoms with Crippen molar-refractivity contribution in [2.45, 2.75) is 18.2 Å². The Balaban J connectivity index is 2.22. The third-order valence-corrected chi connectivity index (χ3v) is 3.43. The van der Waals surface area contributed by atoms with E-state index in [4.69, 9.17) is 4.52 Å². The maximum Gasteiger partial charge on any atom is 0.170 e. The average molecular weight is 264 g/mol. The normalized spacial score (nSPS) is 13.4. The molecule has 15 heavy (non-hydrogen) atoms. The highest BCUT2D eigenvalue weighted by Crippen LogP contribution is 2.35. The zero-order valence-electron chi connectivity index (χ0n) is 8.16. The van der Waals surface area contributed by atoms with Crippen molar-refractivity contribution >= 4 is 15.9 Å². The van der Waals surface area contributed by atoms with Gasteiger partial charge < -0.3 is 4.52 Å². The first-order valence-corrected chi connectivity index (χ1v) is 6.14. The molecule has 3 rings (SSSR count). The van der Waals surface area contributed by atoms with Crippen LogP contribution in [0.1, 0.15) is 16.8 Å². The summed E-state index contributed by atoms with van der Waals surface area (Å²) in [5, 5.41) is 4.87. The molecule has 0 radical (unpaired) electrons. The second-order valence-corrected chi connectivity index (χ2v) is 4.29. The number of rotatable bonds is 1. The molecule has 2 aromatic rings. The van der Waals surface area contributed by atoms with Gasteiger partial charge in [0.15, 0.2) is 5.76 Å². The molecule has 1 aromatic carbocycles. The van der Waals surface area contributed by atoms with Crippen molar-refractivity contribution in [1.82, 2.24) is 5.16 Å². The topological polar surface area (TPSA) is 26.0 Å². The smallest absolute Gasteiger partial charge is 0.170 e. The standard InChI is InChI=1S/C12H10BrNO/c13-7-11-10-6-5-8-3-1-2-4-9(8)12(10)15-14-11/h1-4H,5-7H2. The van der Waals surface area contributed by atoms with E-state index in [1.165, 1.54) is 16.7 Å². The Morgan fingerprint density at radius 2 is 2.13 bits per heavy atom. The molecule has 1 aliphatic carbocycles. The molecule has 0 spiro atoms. The zero-order valence-corrected chi connectivity index (χ0v) is 9.75. The summed E-state index contributed by atoms with van der Waals surface area (Å²) >= 11 is 3.43. The van der Waals surface area contributed by atoms with Crippen molar-refractivity contribution in [2.75, 3.05) is 0 Å². The highest BCUT2D eigenvalue weighted by Gasteiger charge is 2.22. The van der Waals surface area contributed by atoms with E-state index < -0.39 is 0 Å². The van der Waals surface area contributed by atoms with Crippen LogP contribution in [-0.2, 0) is 18.2 Å². The number of hydrogen-bond donors (Lipinski definition) is 0. The Bertz CT molecular complexity index is 504. The molecule has 0 atom stereocenters. The van der Waals surface area contributed by atoms with E-state index in [2.05, 4.69) is 39.3 Å². The predicted molar refractivity (Wildman–Crippen MR) is 62.0 cm³/mol. The van der Waals surface area contributed by atoms with Crippen LogP contribution in [0.15, 0.2) is 28.8 Å². The van der Waals surface area contributed by atoms with Gasteiger partial charge in [0.25, 0.3) is 0 Å². The van der Waals surface area contributed by atoms with Crippen LogP contribution in [0.5, 0.6) is 0 Å². The monoisotopic (exact) mass is 263 g/mol. The van der Waals surface area contributed by atoms with Crippen molar-refractivity contribution in [1.29, 1.82) is 0 Å². The van der Waals surface area contributed by atoms with Crippen molar-refractivity contribution in [3.05, 3.63) is 41.1 Å². The van der Waals surface area contributed by atoms with E-state index in [9.17, 15) is 0 Å². The lowest BCUT2D eigenvalue weighted by molar-refractivity contribution is 0.425. The summed E-state index contributed by atoms with van der Waals surface area (Å²) in [5.74, 6) is 0.964. The van der Waals surface area contributed by atoms with Crippen molar-refractivity contribution < 1.29 is 4.52 Å². The fraction of sp³-hybridized carbons (Fsp3) is 0.250. The molecule has 0 unspecified atom stereocenters. The van der Waals surface area contributed by atoms with Gasteiger partial charge in [-0.15, -0.1) is 0 Å². The van der Waals surface area contributed by atoms with E-state index in [0.29, 0.717) is 0 Å². The number of benzene rings is 1. The van der Waals surface area contributed by atoms with Crippen molar-refractivity contribution in [3.63, 3.8) is 0 Å². The van der Waals surface area contributed by atoms with Crippen LogP contribution >= 0.6 is 15.9 Å². The van der Waals surface area contributed by atoms with Gasteiger partial charge in [0, 0.05) is 16.5 Å². The van der Waals surface area contributed by atoms with Gasteiger partial charge in [-0.3, -0.25) is 0 Å². The van der Waals surface area contributed by atoms with Crippen molar-refractivity contribution in [3.8, 4) is 11.3 Å². The molecule has 0 amide bonds. The van der Waals surface area contributed by atoms with Crippen LogP contribution in [-0.4, -0.2) is 5.16 Å². The molecular formula is C12H10BrNO. The van der Waals surface area contributed by atoms with Gasteiger partial charge >= 0.3 is 0 Å². The van der Waals surface area contributed by atoms with E-state index >= 15 is 0 Å². The highest BCUT2D eigenvalue weighted by atomic mass is 79.9. The molecule has 0 saturated heterocycles. The van der Waals surface area contributed by atoms with E-state index in [-0.39, 0.29) is 0 Å². The molecule has 0 bridgehead atoms. The van der Waals surface area contributed by atoms with Gasteiger partial charge in [-0.1, -0.05) is 45.4 Å². The molecule has 0 aliphatic heterocycles. The summed E-state index contributed by atoms with van der Waals surface area (Å²) < 4.78 is 5.42. The maximum atomic E-state index is 5.42. The van der Waals surface area contributed by atoms with Crippen LogP contribution < -0.4 is 0 Å². The fourth-order valence-electron chi connectivity index (χ4n) is 2.14. The van der Waals surface area contributed by atoms with E-state index in [1.807, 2.05) is 6.07 Å². The fourth-order valence-corrected chi connectivity index (χ4v) is 2.58. The number of halogens is 1. The molecule has 76 valence electrons. The van der Waals surface area contributed by atoms with Gasteiger partial charge in [0.1, 0.15) is 0 Å². The van der Waals surface area contributed by atoms with E-state index in [1.54, 1.807) is 0 Å². The molecule has 1 heterocycles. The SMILES string of the molecule is BrCc1noc2c1CCc1ccccc1-2. The van der Waals surface area contributed by atoms with E-state index in [0.717, 1.165) is 29.6 Å². The zero-order chi connectivity index (χ0) is 10.3.